The summed E-state index contributed by atoms with van der Waals surface area (Å²) in [6, 6.07) is 3.78. The van der Waals surface area contributed by atoms with E-state index < -0.39 is 34.4 Å². The average Bonchev–Trinajstić information content (AvgIpc) is 2.98. The highest BCUT2D eigenvalue weighted by Crippen LogP contribution is 2.73. The van der Waals surface area contributed by atoms with Gasteiger partial charge in [0.2, 0.25) is 0 Å². The van der Waals surface area contributed by atoms with Crippen LogP contribution in [0.4, 0.5) is 0 Å². The average molecular weight is 355 g/mol. The molecular formula is C20H21NO5. The van der Waals surface area contributed by atoms with Crippen molar-refractivity contribution in [1.29, 1.82) is 0 Å². The molecule has 7 rings (SSSR count). The minimum absolute atomic E-state index is 0.0786. The van der Waals surface area contributed by atoms with E-state index in [1.807, 2.05) is 6.07 Å². The van der Waals surface area contributed by atoms with Gasteiger partial charge < -0.3 is 25.0 Å². The van der Waals surface area contributed by atoms with Gasteiger partial charge in [-0.05, 0) is 44.5 Å². The maximum atomic E-state index is 12.0. The summed E-state index contributed by atoms with van der Waals surface area (Å²) in [7, 11) is 2.10. The van der Waals surface area contributed by atoms with E-state index in [0.717, 1.165) is 30.5 Å². The Morgan fingerprint density at radius 3 is 2.92 bits per heavy atom. The number of aromatic hydroxyl groups is 1. The third-order valence-electron chi connectivity index (χ3n) is 8.05. The zero-order valence-corrected chi connectivity index (χ0v) is 14.5. The minimum atomic E-state index is -1.56. The number of fused-ring (bicyclic) bond motifs is 1. The molecule has 0 amide bonds. The second-order valence-corrected chi connectivity index (χ2v) is 8.72. The van der Waals surface area contributed by atoms with Gasteiger partial charge in [-0.2, -0.15) is 0 Å². The van der Waals surface area contributed by atoms with Gasteiger partial charge in [0.15, 0.2) is 11.5 Å². The number of benzene rings is 1. The molecule has 3 N–H and O–H groups in total. The molecule has 26 heavy (non-hydrogen) atoms. The molecule has 0 unspecified atom stereocenters. The van der Waals surface area contributed by atoms with Crippen molar-refractivity contribution in [2.45, 2.75) is 42.4 Å². The molecular weight excluding hydrogens is 334 g/mol. The first kappa shape index (κ1) is 15.1. The fourth-order valence-corrected chi connectivity index (χ4v) is 7.04. The maximum absolute atomic E-state index is 12.0. The number of phenols is 1. The molecule has 1 saturated carbocycles. The molecule has 6 atom stereocenters. The quantitative estimate of drug-likeness (QED) is 0.652. The molecule has 6 nitrogen and oxygen atoms in total. The number of likely N-dealkylation sites (tertiary alicyclic amines) is 1. The predicted molar refractivity (Wildman–Crippen MR) is 91.2 cm³/mol. The summed E-state index contributed by atoms with van der Waals surface area (Å²) in [4.78, 5) is 14.4. The molecule has 2 spiro atoms. The highest BCUT2D eigenvalue weighted by atomic mass is 16.5. The number of hydrogen-bond donors (Lipinski definition) is 3. The van der Waals surface area contributed by atoms with E-state index in [-0.39, 0.29) is 11.8 Å². The van der Waals surface area contributed by atoms with E-state index in [9.17, 15) is 20.1 Å². The zero-order valence-electron chi connectivity index (χ0n) is 14.5. The Morgan fingerprint density at radius 2 is 2.15 bits per heavy atom. The monoisotopic (exact) mass is 355 g/mol. The summed E-state index contributed by atoms with van der Waals surface area (Å²) in [5.41, 5.74) is -0.267. The number of likely N-dealkylation sites (N-methyl/N-ethyl adjacent to an activating group) is 1. The number of carboxylic acids is 1. The maximum Gasteiger partial charge on any atom is 0.309 e. The number of piperidine rings is 1. The number of phenolic OH excluding ortho intramolecular Hbond substituents is 1. The van der Waals surface area contributed by atoms with Crippen LogP contribution in [-0.4, -0.2) is 57.5 Å². The predicted octanol–water partition coefficient (Wildman–Crippen LogP) is 1.04. The Labute approximate surface area is 150 Å². The SMILES string of the molecule is CN1CC[C@]23c4c5ccc(O)c4O[C@@H]2[C@]2(O)C=C[C@]3(C[C@@H]2C(=O)O)[C@@H]1C5. The second-order valence-electron chi connectivity index (χ2n) is 8.72. The van der Waals surface area contributed by atoms with Crippen LogP contribution in [0.2, 0.25) is 0 Å². The second kappa shape index (κ2) is 4.10. The van der Waals surface area contributed by atoms with Crippen LogP contribution in [-0.2, 0) is 16.6 Å². The molecule has 6 heteroatoms. The van der Waals surface area contributed by atoms with Crippen LogP contribution >= 0.6 is 0 Å². The lowest BCUT2D eigenvalue weighted by atomic mass is 9.37. The Hall–Kier alpha value is -2.05. The summed E-state index contributed by atoms with van der Waals surface area (Å²) in [6.07, 6.45) is 5.07. The van der Waals surface area contributed by atoms with E-state index in [0.29, 0.717) is 12.2 Å². The summed E-state index contributed by atoms with van der Waals surface area (Å²) in [5.74, 6) is -1.36. The molecule has 2 fully saturated rings. The molecule has 4 bridgehead atoms. The van der Waals surface area contributed by atoms with Crippen LogP contribution in [0.1, 0.15) is 24.0 Å². The molecule has 6 aliphatic rings. The Kier molecular flexibility index (Phi) is 2.37. The van der Waals surface area contributed by atoms with Gasteiger partial charge in [-0.15, -0.1) is 0 Å². The number of aliphatic carboxylic acids is 1. The van der Waals surface area contributed by atoms with E-state index in [2.05, 4.69) is 18.0 Å². The van der Waals surface area contributed by atoms with Crippen molar-refractivity contribution in [3.05, 3.63) is 35.4 Å². The van der Waals surface area contributed by atoms with Gasteiger partial charge in [-0.3, -0.25) is 4.79 Å². The fraction of sp³-hybridized carbons (Fsp3) is 0.550. The Balaban J connectivity index is 1.73. The van der Waals surface area contributed by atoms with Crippen LogP contribution in [0.3, 0.4) is 0 Å². The number of nitrogens with zero attached hydrogens (tertiary/aromatic N) is 1. The minimum Gasteiger partial charge on any atom is -0.504 e. The molecule has 0 radical (unpaired) electrons. The largest absolute Gasteiger partial charge is 0.504 e. The van der Waals surface area contributed by atoms with Gasteiger partial charge in [0, 0.05) is 17.0 Å². The summed E-state index contributed by atoms with van der Waals surface area (Å²) in [5, 5.41) is 31.8. The Bertz CT molecular complexity index is 912. The first-order valence-electron chi connectivity index (χ1n) is 9.23. The van der Waals surface area contributed by atoms with Crippen LogP contribution in [0.25, 0.3) is 0 Å². The molecule has 2 aliphatic heterocycles. The van der Waals surface area contributed by atoms with Crippen molar-refractivity contribution in [3.8, 4) is 11.5 Å². The van der Waals surface area contributed by atoms with Crippen molar-refractivity contribution in [2.75, 3.05) is 13.6 Å². The molecule has 136 valence electrons. The summed E-state index contributed by atoms with van der Waals surface area (Å²) >= 11 is 0. The summed E-state index contributed by atoms with van der Waals surface area (Å²) in [6.45, 7) is 0.864. The highest BCUT2D eigenvalue weighted by Gasteiger charge is 2.79. The third kappa shape index (κ3) is 1.25. The van der Waals surface area contributed by atoms with Crippen molar-refractivity contribution in [3.63, 3.8) is 0 Å². The van der Waals surface area contributed by atoms with Crippen molar-refractivity contribution < 1.29 is 24.9 Å². The number of rotatable bonds is 1. The van der Waals surface area contributed by atoms with Crippen LogP contribution < -0.4 is 4.74 Å². The lowest BCUT2D eigenvalue weighted by Gasteiger charge is -2.69. The van der Waals surface area contributed by atoms with E-state index in [1.54, 1.807) is 12.1 Å². The number of carbonyl (C=O) groups is 1. The molecule has 1 saturated heterocycles. The number of ether oxygens (including phenoxy) is 1. The number of aliphatic hydroxyl groups is 1. The number of hydrogen-bond acceptors (Lipinski definition) is 5. The first-order chi connectivity index (χ1) is 12.3. The third-order valence-corrected chi connectivity index (χ3v) is 8.05. The van der Waals surface area contributed by atoms with Crippen molar-refractivity contribution in [1.82, 2.24) is 4.90 Å². The van der Waals surface area contributed by atoms with Gasteiger partial charge in [0.05, 0.1) is 11.3 Å². The first-order valence-corrected chi connectivity index (χ1v) is 9.23. The van der Waals surface area contributed by atoms with E-state index in [1.165, 1.54) is 0 Å². The topological polar surface area (TPSA) is 90.2 Å². The lowest BCUT2D eigenvalue weighted by Crippen LogP contribution is -2.79. The smallest absolute Gasteiger partial charge is 0.309 e. The van der Waals surface area contributed by atoms with E-state index in [4.69, 9.17) is 4.74 Å². The highest BCUT2D eigenvalue weighted by molar-refractivity contribution is 5.76. The van der Waals surface area contributed by atoms with Gasteiger partial charge in [-0.1, -0.05) is 18.2 Å². The molecule has 4 aliphatic carbocycles. The standard InChI is InChI=1S/C20H21NO5/c1-21-7-6-19-14-10-2-3-12(22)15(14)26-17(19)20(25)5-4-18(19,13(21)8-10)9-11(20)16(23)24/h2-5,11,13,17,22,25H,6-9H2,1H3,(H,23,24)/t11-,13+,17+,18+,19+,20+/m1/s1. The lowest BCUT2D eigenvalue weighted by molar-refractivity contribution is -0.211. The van der Waals surface area contributed by atoms with Gasteiger partial charge in [-0.25, -0.2) is 0 Å². The van der Waals surface area contributed by atoms with Crippen LogP contribution in [0.15, 0.2) is 24.3 Å². The summed E-state index contributed by atoms with van der Waals surface area (Å²) < 4.78 is 6.22. The van der Waals surface area contributed by atoms with Crippen molar-refractivity contribution in [2.24, 2.45) is 11.3 Å². The van der Waals surface area contributed by atoms with Crippen LogP contribution in [0.5, 0.6) is 11.5 Å². The zero-order chi connectivity index (χ0) is 18.1. The molecule has 1 aromatic rings. The van der Waals surface area contributed by atoms with Gasteiger partial charge >= 0.3 is 5.97 Å². The van der Waals surface area contributed by atoms with Gasteiger partial charge in [0.1, 0.15) is 11.7 Å². The molecule has 0 aromatic heterocycles. The van der Waals surface area contributed by atoms with Crippen LogP contribution in [0, 0.1) is 11.3 Å². The molecule has 2 heterocycles. The molecule has 1 aromatic carbocycles. The Morgan fingerprint density at radius 1 is 1.35 bits per heavy atom. The van der Waals surface area contributed by atoms with E-state index >= 15 is 0 Å². The van der Waals surface area contributed by atoms with Crippen molar-refractivity contribution >= 4 is 5.97 Å². The fourth-order valence-electron chi connectivity index (χ4n) is 7.04. The van der Waals surface area contributed by atoms with Gasteiger partial charge in [0.25, 0.3) is 0 Å². The normalized spacial score (nSPS) is 46.8. The number of carboxylic acid groups (broad SMARTS) is 1.